The number of nitrogens with one attached hydrogen (secondary N) is 1. The molecule has 2 aromatic rings. The number of pyridine rings is 1. The first-order valence-electron chi connectivity index (χ1n) is 8.97. The molecule has 0 unspecified atom stereocenters. The summed E-state index contributed by atoms with van der Waals surface area (Å²) < 4.78 is 11.4. The minimum Gasteiger partial charge on any atom is -0.353 e. The van der Waals surface area contributed by atoms with E-state index in [4.69, 9.17) is 9.47 Å². The molecular formula is C20H20N4O3. The zero-order valence-corrected chi connectivity index (χ0v) is 14.9. The van der Waals surface area contributed by atoms with Gasteiger partial charge in [0.1, 0.15) is 6.07 Å². The van der Waals surface area contributed by atoms with Crippen molar-refractivity contribution < 1.29 is 14.3 Å². The van der Waals surface area contributed by atoms with Crippen LogP contribution in [0.15, 0.2) is 42.7 Å². The molecule has 1 aromatic heterocycles. The van der Waals surface area contributed by atoms with E-state index in [1.807, 2.05) is 18.2 Å². The molecule has 2 saturated heterocycles. The largest absolute Gasteiger partial charge is 0.353 e. The average molecular weight is 364 g/mol. The van der Waals surface area contributed by atoms with Crippen LogP contribution in [-0.2, 0) is 9.47 Å². The topological polar surface area (TPSA) is 87.5 Å². The first kappa shape index (κ1) is 17.5. The van der Waals surface area contributed by atoms with Crippen molar-refractivity contribution in [3.05, 3.63) is 53.9 Å². The number of hydrogen-bond acceptors (Lipinski definition) is 6. The maximum absolute atomic E-state index is 12.9. The molecule has 1 aromatic carbocycles. The van der Waals surface area contributed by atoms with Crippen LogP contribution in [0.5, 0.6) is 0 Å². The van der Waals surface area contributed by atoms with E-state index in [0.717, 1.165) is 0 Å². The molecule has 0 aliphatic carbocycles. The summed E-state index contributed by atoms with van der Waals surface area (Å²) in [5.41, 5.74) is 2.40. The van der Waals surface area contributed by atoms with Gasteiger partial charge in [0.15, 0.2) is 5.79 Å². The monoisotopic (exact) mass is 364 g/mol. The van der Waals surface area contributed by atoms with Crippen LogP contribution in [0.1, 0.15) is 28.8 Å². The smallest absolute Gasteiger partial charge is 0.255 e. The summed E-state index contributed by atoms with van der Waals surface area (Å²) in [5.74, 6) is -0.563. The van der Waals surface area contributed by atoms with Crippen molar-refractivity contribution in [2.75, 3.05) is 31.6 Å². The summed E-state index contributed by atoms with van der Waals surface area (Å²) in [6.45, 7) is 2.42. The molecule has 2 aliphatic heterocycles. The summed E-state index contributed by atoms with van der Waals surface area (Å²) in [7, 11) is 0. The standard InChI is InChI=1S/C20H20N4O3/c21-12-15-3-1-2-4-18(15)23-17-11-16(13-22-14-17)19(25)24-7-5-20(6-8-24)26-9-10-27-20/h1-4,11,13-14,23H,5-10H2. The SMILES string of the molecule is N#Cc1ccccc1Nc1cncc(C(=O)N2CCC3(CC2)OCCO3)c1. The Morgan fingerprint density at radius 3 is 2.67 bits per heavy atom. The van der Waals surface area contributed by atoms with Gasteiger partial charge in [-0.2, -0.15) is 5.26 Å². The number of nitriles is 1. The van der Waals surface area contributed by atoms with Crippen LogP contribution in [0.25, 0.3) is 0 Å². The number of amides is 1. The number of anilines is 2. The van der Waals surface area contributed by atoms with Gasteiger partial charge in [0.2, 0.25) is 0 Å². The summed E-state index contributed by atoms with van der Waals surface area (Å²) in [6.07, 6.45) is 4.56. The Morgan fingerprint density at radius 1 is 1.19 bits per heavy atom. The van der Waals surface area contributed by atoms with Crippen molar-refractivity contribution in [1.29, 1.82) is 5.26 Å². The number of likely N-dealkylation sites (tertiary alicyclic amines) is 1. The van der Waals surface area contributed by atoms with E-state index in [0.29, 0.717) is 61.6 Å². The predicted molar refractivity (Wildman–Crippen MR) is 98.4 cm³/mol. The second-order valence-corrected chi connectivity index (χ2v) is 6.64. The highest BCUT2D eigenvalue weighted by Gasteiger charge is 2.40. The van der Waals surface area contributed by atoms with E-state index < -0.39 is 5.79 Å². The van der Waals surface area contributed by atoms with E-state index in [2.05, 4.69) is 16.4 Å². The lowest BCUT2D eigenvalue weighted by molar-refractivity contribution is -0.181. The van der Waals surface area contributed by atoms with E-state index >= 15 is 0 Å². The lowest BCUT2D eigenvalue weighted by atomic mass is 10.0. The molecule has 1 amide bonds. The highest BCUT2D eigenvalue weighted by Crippen LogP contribution is 2.32. The number of carbonyl (C=O) groups excluding carboxylic acids is 1. The molecule has 7 nitrogen and oxygen atoms in total. The summed E-state index contributed by atoms with van der Waals surface area (Å²) in [6, 6.07) is 11.1. The third-order valence-corrected chi connectivity index (χ3v) is 4.94. The molecule has 0 bridgehead atoms. The highest BCUT2D eigenvalue weighted by atomic mass is 16.7. The van der Waals surface area contributed by atoms with Crippen molar-refractivity contribution >= 4 is 17.3 Å². The summed E-state index contributed by atoms with van der Waals surface area (Å²) in [5, 5.41) is 12.4. The fraction of sp³-hybridized carbons (Fsp3) is 0.350. The minimum absolute atomic E-state index is 0.0624. The van der Waals surface area contributed by atoms with Crippen molar-refractivity contribution in [2.45, 2.75) is 18.6 Å². The maximum atomic E-state index is 12.9. The predicted octanol–water partition coefficient (Wildman–Crippen LogP) is 2.68. The van der Waals surface area contributed by atoms with Crippen LogP contribution in [0.4, 0.5) is 11.4 Å². The lowest BCUT2D eigenvalue weighted by Gasteiger charge is -2.37. The Bertz CT molecular complexity index is 877. The van der Waals surface area contributed by atoms with Crippen LogP contribution in [0.3, 0.4) is 0 Å². The van der Waals surface area contributed by atoms with Crippen LogP contribution in [0, 0.1) is 11.3 Å². The van der Waals surface area contributed by atoms with Gasteiger partial charge in [-0.25, -0.2) is 0 Å². The second-order valence-electron chi connectivity index (χ2n) is 6.64. The van der Waals surface area contributed by atoms with E-state index in [1.165, 1.54) is 0 Å². The molecular weight excluding hydrogens is 344 g/mol. The highest BCUT2D eigenvalue weighted by molar-refractivity contribution is 5.95. The third kappa shape index (κ3) is 3.63. The average Bonchev–Trinajstić information content (AvgIpc) is 3.17. The van der Waals surface area contributed by atoms with Gasteiger partial charge in [0, 0.05) is 32.1 Å². The van der Waals surface area contributed by atoms with Crippen molar-refractivity contribution in [1.82, 2.24) is 9.88 Å². The fourth-order valence-corrected chi connectivity index (χ4v) is 3.49. The van der Waals surface area contributed by atoms with Crippen molar-refractivity contribution in [3.8, 4) is 6.07 Å². The minimum atomic E-state index is -0.501. The van der Waals surface area contributed by atoms with Crippen LogP contribution < -0.4 is 5.32 Å². The normalized spacial score (nSPS) is 18.3. The van der Waals surface area contributed by atoms with Gasteiger partial charge in [-0.15, -0.1) is 0 Å². The van der Waals surface area contributed by atoms with E-state index in [9.17, 15) is 10.1 Å². The van der Waals surface area contributed by atoms with Gasteiger partial charge in [-0.3, -0.25) is 9.78 Å². The molecule has 2 aliphatic rings. The van der Waals surface area contributed by atoms with E-state index in [1.54, 1.807) is 29.4 Å². The Kier molecular flexibility index (Phi) is 4.75. The molecule has 27 heavy (non-hydrogen) atoms. The van der Waals surface area contributed by atoms with Gasteiger partial charge >= 0.3 is 0 Å². The van der Waals surface area contributed by atoms with Crippen molar-refractivity contribution in [3.63, 3.8) is 0 Å². The van der Waals surface area contributed by atoms with Crippen LogP contribution in [-0.4, -0.2) is 47.9 Å². The van der Waals surface area contributed by atoms with Gasteiger partial charge < -0.3 is 19.7 Å². The Hall–Kier alpha value is -2.95. The molecule has 2 fully saturated rings. The maximum Gasteiger partial charge on any atom is 0.255 e. The quantitative estimate of drug-likeness (QED) is 0.901. The zero-order valence-electron chi connectivity index (χ0n) is 14.9. The summed E-state index contributed by atoms with van der Waals surface area (Å²) >= 11 is 0. The molecule has 1 N–H and O–H groups in total. The number of ether oxygens (including phenoxy) is 2. The number of piperidine rings is 1. The number of para-hydroxylation sites is 1. The number of carbonyl (C=O) groups is 1. The number of benzene rings is 1. The molecule has 138 valence electrons. The van der Waals surface area contributed by atoms with Gasteiger partial charge in [0.05, 0.1) is 41.9 Å². The Labute approximate surface area is 157 Å². The Balaban J connectivity index is 1.46. The first-order chi connectivity index (χ1) is 13.2. The molecule has 7 heteroatoms. The number of aromatic nitrogens is 1. The van der Waals surface area contributed by atoms with Crippen LogP contribution >= 0.6 is 0 Å². The molecule has 0 radical (unpaired) electrons. The Morgan fingerprint density at radius 2 is 1.93 bits per heavy atom. The number of rotatable bonds is 3. The number of nitrogens with zero attached hydrogens (tertiary/aromatic N) is 3. The third-order valence-electron chi connectivity index (χ3n) is 4.94. The van der Waals surface area contributed by atoms with Crippen molar-refractivity contribution in [2.24, 2.45) is 0 Å². The van der Waals surface area contributed by atoms with Gasteiger partial charge in [0.25, 0.3) is 5.91 Å². The van der Waals surface area contributed by atoms with Crippen LogP contribution in [0.2, 0.25) is 0 Å². The molecule has 0 saturated carbocycles. The number of hydrogen-bond donors (Lipinski definition) is 1. The fourth-order valence-electron chi connectivity index (χ4n) is 3.49. The first-order valence-corrected chi connectivity index (χ1v) is 8.97. The molecule has 0 atom stereocenters. The van der Waals surface area contributed by atoms with E-state index in [-0.39, 0.29) is 5.91 Å². The second kappa shape index (κ2) is 7.35. The lowest BCUT2D eigenvalue weighted by Crippen LogP contribution is -2.47. The zero-order chi connectivity index (χ0) is 18.7. The molecule has 3 heterocycles. The summed E-state index contributed by atoms with van der Waals surface area (Å²) in [4.78, 5) is 18.8. The molecule has 4 rings (SSSR count). The van der Waals surface area contributed by atoms with Gasteiger partial charge in [-0.1, -0.05) is 12.1 Å². The van der Waals surface area contributed by atoms with Gasteiger partial charge in [-0.05, 0) is 18.2 Å². The molecule has 1 spiro atoms.